The molecule has 0 radical (unpaired) electrons. The van der Waals surface area contributed by atoms with Crippen LogP contribution in [-0.2, 0) is 15.1 Å². The van der Waals surface area contributed by atoms with Crippen LogP contribution in [0.1, 0.15) is 34.8 Å². The molecule has 27 heavy (non-hydrogen) atoms. The van der Waals surface area contributed by atoms with Gasteiger partial charge in [-0.25, -0.2) is 4.79 Å². The van der Waals surface area contributed by atoms with Crippen molar-refractivity contribution in [2.24, 2.45) is 0 Å². The van der Waals surface area contributed by atoms with Gasteiger partial charge in [0.05, 0.1) is 0 Å². The molecule has 1 atom stereocenters. The van der Waals surface area contributed by atoms with Gasteiger partial charge < -0.3 is 15.7 Å². The number of amides is 2. The summed E-state index contributed by atoms with van der Waals surface area (Å²) >= 11 is 0. The molecule has 0 aliphatic rings. The van der Waals surface area contributed by atoms with Gasteiger partial charge in [0, 0.05) is 18.7 Å². The van der Waals surface area contributed by atoms with E-state index in [4.69, 9.17) is 0 Å². The Hall–Kier alpha value is -3.41. The Morgan fingerprint density at radius 2 is 1.67 bits per heavy atom. The molecule has 3 N–H and O–H groups in total. The van der Waals surface area contributed by atoms with E-state index in [1.807, 2.05) is 0 Å². The third kappa shape index (κ3) is 4.61. The number of hydrogen-bond acceptors (Lipinski definition) is 3. The molecule has 0 saturated heterocycles. The summed E-state index contributed by atoms with van der Waals surface area (Å²) in [4.78, 5) is 35.8. The predicted molar refractivity (Wildman–Crippen MR) is 103 cm³/mol. The Bertz CT molecular complexity index is 844. The summed E-state index contributed by atoms with van der Waals surface area (Å²) in [7, 11) is 1.55. The van der Waals surface area contributed by atoms with E-state index in [9.17, 15) is 19.5 Å². The summed E-state index contributed by atoms with van der Waals surface area (Å²) in [6.07, 6.45) is 3.05. The number of aliphatic carboxylic acids is 1. The molecule has 0 bridgehead atoms. The summed E-state index contributed by atoms with van der Waals surface area (Å²) in [5, 5.41) is 14.9. The van der Waals surface area contributed by atoms with Gasteiger partial charge in [-0.05, 0) is 35.8 Å². The van der Waals surface area contributed by atoms with Crippen LogP contribution in [0, 0.1) is 0 Å². The maximum absolute atomic E-state index is 12.4. The smallest absolute Gasteiger partial charge is 0.334 e. The van der Waals surface area contributed by atoms with Gasteiger partial charge in [-0.3, -0.25) is 9.59 Å². The zero-order valence-corrected chi connectivity index (χ0v) is 15.2. The number of carbonyl (C=O) groups is 3. The molecule has 0 saturated carbocycles. The minimum atomic E-state index is -1.49. The highest BCUT2D eigenvalue weighted by molar-refractivity contribution is 5.97. The van der Waals surface area contributed by atoms with Crippen LogP contribution in [0.15, 0.2) is 60.7 Å². The van der Waals surface area contributed by atoms with E-state index in [0.717, 1.165) is 5.56 Å². The van der Waals surface area contributed by atoms with Crippen LogP contribution < -0.4 is 10.6 Å². The molecule has 0 spiro atoms. The Balaban J connectivity index is 2.17. The second-order valence-electron chi connectivity index (χ2n) is 5.95. The van der Waals surface area contributed by atoms with Gasteiger partial charge in [0.25, 0.3) is 5.91 Å². The minimum Gasteiger partial charge on any atom is -0.479 e. The van der Waals surface area contributed by atoms with Crippen molar-refractivity contribution in [2.45, 2.75) is 18.9 Å². The summed E-state index contributed by atoms with van der Waals surface area (Å²) in [6.45, 7) is 1.71. The van der Waals surface area contributed by atoms with E-state index in [-0.39, 0.29) is 12.3 Å². The first kappa shape index (κ1) is 19.9. The van der Waals surface area contributed by atoms with Crippen LogP contribution in [0.25, 0.3) is 6.08 Å². The van der Waals surface area contributed by atoms with Crippen molar-refractivity contribution in [2.75, 3.05) is 7.05 Å². The lowest BCUT2D eigenvalue weighted by molar-refractivity contribution is -0.147. The number of carboxylic acid groups (broad SMARTS) is 1. The maximum atomic E-state index is 12.4. The fourth-order valence-electron chi connectivity index (χ4n) is 2.73. The standard InChI is InChI=1S/C21H22N2O4/c1-3-21(20(26)27,17-7-5-4-6-8-17)23-18(24)14-11-15-9-12-16(13-10-15)19(25)22-2/h4-14H,3H2,1-2H3,(H,22,25)(H,23,24)(H,26,27). The normalized spacial score (nSPS) is 13.0. The highest BCUT2D eigenvalue weighted by atomic mass is 16.4. The molecule has 2 aromatic carbocycles. The molecular weight excluding hydrogens is 344 g/mol. The van der Waals surface area contributed by atoms with Gasteiger partial charge in [-0.1, -0.05) is 49.4 Å². The SMILES string of the molecule is CCC(NC(=O)C=Cc1ccc(C(=O)NC)cc1)(C(=O)O)c1ccccc1. The Labute approximate surface area is 157 Å². The van der Waals surface area contributed by atoms with Crippen molar-refractivity contribution in [3.63, 3.8) is 0 Å². The van der Waals surface area contributed by atoms with Gasteiger partial charge in [-0.2, -0.15) is 0 Å². The average Bonchev–Trinajstić information content (AvgIpc) is 2.70. The summed E-state index contributed by atoms with van der Waals surface area (Å²) in [5.41, 5.74) is 0.247. The molecule has 2 amide bonds. The van der Waals surface area contributed by atoms with Gasteiger partial charge in [-0.15, -0.1) is 0 Å². The van der Waals surface area contributed by atoms with E-state index in [1.54, 1.807) is 74.6 Å². The maximum Gasteiger partial charge on any atom is 0.334 e. The largest absolute Gasteiger partial charge is 0.479 e. The molecule has 0 aromatic heterocycles. The number of nitrogens with one attached hydrogen (secondary N) is 2. The van der Waals surface area contributed by atoms with Crippen LogP contribution in [0.3, 0.4) is 0 Å². The van der Waals surface area contributed by atoms with Crippen LogP contribution in [0.5, 0.6) is 0 Å². The molecule has 6 nitrogen and oxygen atoms in total. The van der Waals surface area contributed by atoms with Gasteiger partial charge in [0.1, 0.15) is 0 Å². The monoisotopic (exact) mass is 366 g/mol. The highest BCUT2D eigenvalue weighted by Gasteiger charge is 2.39. The van der Waals surface area contributed by atoms with E-state index in [0.29, 0.717) is 11.1 Å². The van der Waals surface area contributed by atoms with Crippen molar-refractivity contribution >= 4 is 23.9 Å². The highest BCUT2D eigenvalue weighted by Crippen LogP contribution is 2.25. The quantitative estimate of drug-likeness (QED) is 0.656. The molecule has 2 rings (SSSR count). The van der Waals surface area contributed by atoms with Gasteiger partial charge in [0.15, 0.2) is 5.54 Å². The van der Waals surface area contributed by atoms with Gasteiger partial charge in [0.2, 0.25) is 5.91 Å². The van der Waals surface area contributed by atoms with Crippen molar-refractivity contribution < 1.29 is 19.5 Å². The van der Waals surface area contributed by atoms with Crippen molar-refractivity contribution in [1.82, 2.24) is 10.6 Å². The number of hydrogen-bond donors (Lipinski definition) is 3. The van der Waals surface area contributed by atoms with Crippen molar-refractivity contribution in [1.29, 1.82) is 0 Å². The van der Waals surface area contributed by atoms with Crippen LogP contribution in [0.2, 0.25) is 0 Å². The summed E-state index contributed by atoms with van der Waals surface area (Å²) in [5.74, 6) is -1.83. The lowest BCUT2D eigenvalue weighted by Gasteiger charge is -2.29. The Kier molecular flexibility index (Phi) is 6.49. The molecule has 140 valence electrons. The van der Waals surface area contributed by atoms with E-state index >= 15 is 0 Å². The molecule has 0 aliphatic heterocycles. The molecule has 1 unspecified atom stereocenters. The lowest BCUT2D eigenvalue weighted by atomic mass is 9.87. The van der Waals surface area contributed by atoms with E-state index in [2.05, 4.69) is 10.6 Å². The summed E-state index contributed by atoms with van der Waals surface area (Å²) < 4.78 is 0. The van der Waals surface area contributed by atoms with E-state index < -0.39 is 17.4 Å². The third-order valence-electron chi connectivity index (χ3n) is 4.33. The fourth-order valence-corrected chi connectivity index (χ4v) is 2.73. The zero-order valence-electron chi connectivity index (χ0n) is 15.2. The molecular formula is C21H22N2O4. The summed E-state index contributed by atoms with van der Waals surface area (Å²) in [6, 6.07) is 15.3. The second-order valence-corrected chi connectivity index (χ2v) is 5.95. The Morgan fingerprint density at radius 3 is 2.19 bits per heavy atom. The van der Waals surface area contributed by atoms with Crippen LogP contribution >= 0.6 is 0 Å². The van der Waals surface area contributed by atoms with Crippen LogP contribution in [0.4, 0.5) is 0 Å². The molecule has 0 heterocycles. The predicted octanol–water partition coefficient (Wildman–Crippen LogP) is 2.57. The average molecular weight is 366 g/mol. The molecule has 0 aliphatic carbocycles. The number of rotatable bonds is 7. The van der Waals surface area contributed by atoms with Crippen molar-refractivity contribution in [3.05, 3.63) is 77.4 Å². The van der Waals surface area contributed by atoms with E-state index in [1.165, 1.54) is 6.08 Å². The number of carbonyl (C=O) groups excluding carboxylic acids is 2. The number of benzene rings is 2. The van der Waals surface area contributed by atoms with Crippen LogP contribution in [-0.4, -0.2) is 29.9 Å². The molecule has 0 fully saturated rings. The zero-order chi connectivity index (χ0) is 19.9. The first-order valence-electron chi connectivity index (χ1n) is 8.54. The first-order chi connectivity index (χ1) is 12.9. The van der Waals surface area contributed by atoms with Gasteiger partial charge >= 0.3 is 5.97 Å². The minimum absolute atomic E-state index is 0.194. The molecule has 2 aromatic rings. The second kappa shape index (κ2) is 8.80. The molecule has 6 heteroatoms. The number of carboxylic acids is 1. The topological polar surface area (TPSA) is 95.5 Å². The lowest BCUT2D eigenvalue weighted by Crippen LogP contribution is -2.51. The first-order valence-corrected chi connectivity index (χ1v) is 8.54. The van der Waals surface area contributed by atoms with Crippen molar-refractivity contribution in [3.8, 4) is 0 Å². The third-order valence-corrected chi connectivity index (χ3v) is 4.33. The Morgan fingerprint density at radius 1 is 1.04 bits per heavy atom. The fraction of sp³-hybridized carbons (Fsp3) is 0.190.